The SMILES string of the molecule is Cc1ccc(C)c(NC(=O)C(=O)Nc2cc(Cl)cc(Cl)c2)c1. The third-order valence-electron chi connectivity index (χ3n) is 2.97. The topological polar surface area (TPSA) is 58.2 Å². The number of carbonyl (C=O) groups excluding carboxylic acids is 2. The van der Waals surface area contributed by atoms with Crippen LogP contribution in [-0.4, -0.2) is 11.8 Å². The minimum Gasteiger partial charge on any atom is -0.318 e. The van der Waals surface area contributed by atoms with Crippen molar-refractivity contribution in [2.75, 3.05) is 10.6 Å². The van der Waals surface area contributed by atoms with E-state index in [9.17, 15) is 9.59 Å². The molecule has 0 aliphatic rings. The van der Waals surface area contributed by atoms with Gasteiger partial charge in [0.2, 0.25) is 0 Å². The van der Waals surface area contributed by atoms with Gasteiger partial charge < -0.3 is 10.6 Å². The normalized spacial score (nSPS) is 10.2. The molecule has 0 radical (unpaired) electrons. The van der Waals surface area contributed by atoms with Crippen LogP contribution in [0.4, 0.5) is 11.4 Å². The predicted octanol–water partition coefficient (Wildman–Crippen LogP) is 4.19. The summed E-state index contributed by atoms with van der Waals surface area (Å²) in [6.45, 7) is 3.76. The minimum absolute atomic E-state index is 0.360. The summed E-state index contributed by atoms with van der Waals surface area (Å²) in [7, 11) is 0. The Bertz CT molecular complexity index is 725. The zero-order valence-corrected chi connectivity index (χ0v) is 13.5. The van der Waals surface area contributed by atoms with E-state index in [2.05, 4.69) is 10.6 Å². The Hall–Kier alpha value is -2.04. The number of hydrogen-bond donors (Lipinski definition) is 2. The molecule has 2 rings (SSSR count). The third-order valence-corrected chi connectivity index (χ3v) is 3.40. The van der Waals surface area contributed by atoms with E-state index in [1.165, 1.54) is 18.2 Å². The van der Waals surface area contributed by atoms with Crippen molar-refractivity contribution >= 4 is 46.4 Å². The maximum atomic E-state index is 12.0. The van der Waals surface area contributed by atoms with E-state index < -0.39 is 11.8 Å². The molecule has 0 saturated heterocycles. The molecule has 0 fully saturated rings. The van der Waals surface area contributed by atoms with E-state index in [1.807, 2.05) is 26.0 Å². The maximum Gasteiger partial charge on any atom is 0.314 e. The second-order valence-electron chi connectivity index (χ2n) is 4.88. The Morgan fingerprint density at radius 2 is 1.45 bits per heavy atom. The Labute approximate surface area is 138 Å². The van der Waals surface area contributed by atoms with Crippen LogP contribution in [0.15, 0.2) is 36.4 Å². The van der Waals surface area contributed by atoms with Crippen LogP contribution >= 0.6 is 23.2 Å². The van der Waals surface area contributed by atoms with Gasteiger partial charge in [0.1, 0.15) is 0 Å². The average Bonchev–Trinajstić information content (AvgIpc) is 2.41. The molecule has 22 heavy (non-hydrogen) atoms. The Morgan fingerprint density at radius 1 is 0.864 bits per heavy atom. The zero-order chi connectivity index (χ0) is 16.3. The summed E-state index contributed by atoms with van der Waals surface area (Å²) < 4.78 is 0. The number of halogens is 2. The molecule has 0 atom stereocenters. The van der Waals surface area contributed by atoms with Crippen LogP contribution in [0.25, 0.3) is 0 Å². The van der Waals surface area contributed by atoms with Gasteiger partial charge in [0, 0.05) is 21.4 Å². The van der Waals surface area contributed by atoms with Crippen LogP contribution in [0.1, 0.15) is 11.1 Å². The van der Waals surface area contributed by atoms with Crippen LogP contribution < -0.4 is 10.6 Å². The summed E-state index contributed by atoms with van der Waals surface area (Å²) in [5.74, 6) is -1.55. The van der Waals surface area contributed by atoms with Gasteiger partial charge in [0.25, 0.3) is 0 Å². The largest absolute Gasteiger partial charge is 0.318 e. The van der Waals surface area contributed by atoms with Crippen LogP contribution in [0.3, 0.4) is 0 Å². The summed E-state index contributed by atoms with van der Waals surface area (Å²) in [6.07, 6.45) is 0. The lowest BCUT2D eigenvalue weighted by Crippen LogP contribution is -2.29. The molecule has 2 amide bonds. The fourth-order valence-electron chi connectivity index (χ4n) is 1.86. The van der Waals surface area contributed by atoms with Gasteiger partial charge in [0.15, 0.2) is 0 Å². The first-order valence-corrected chi connectivity index (χ1v) is 7.26. The van der Waals surface area contributed by atoms with E-state index in [0.29, 0.717) is 21.4 Å². The highest BCUT2D eigenvalue weighted by molar-refractivity contribution is 6.44. The smallest absolute Gasteiger partial charge is 0.314 e. The van der Waals surface area contributed by atoms with Crippen molar-refractivity contribution in [3.05, 3.63) is 57.6 Å². The molecule has 0 aromatic heterocycles. The Morgan fingerprint density at radius 3 is 2.09 bits per heavy atom. The second kappa shape index (κ2) is 6.81. The highest BCUT2D eigenvalue weighted by atomic mass is 35.5. The van der Waals surface area contributed by atoms with E-state index in [-0.39, 0.29) is 0 Å². The number of amides is 2. The molecule has 0 bridgehead atoms. The van der Waals surface area contributed by atoms with Gasteiger partial charge >= 0.3 is 11.8 Å². The standard InChI is InChI=1S/C16H14Cl2N2O2/c1-9-3-4-10(2)14(5-9)20-16(22)15(21)19-13-7-11(17)6-12(18)8-13/h3-8H,1-2H3,(H,19,21)(H,20,22). The van der Waals surface area contributed by atoms with E-state index >= 15 is 0 Å². The molecule has 2 aromatic carbocycles. The van der Waals surface area contributed by atoms with Crippen molar-refractivity contribution in [3.63, 3.8) is 0 Å². The van der Waals surface area contributed by atoms with Gasteiger partial charge in [-0.3, -0.25) is 9.59 Å². The number of rotatable bonds is 2. The van der Waals surface area contributed by atoms with Gasteiger partial charge in [0.05, 0.1) is 0 Å². The fourth-order valence-corrected chi connectivity index (χ4v) is 2.39. The van der Waals surface area contributed by atoms with Crippen LogP contribution in [0.2, 0.25) is 10.0 Å². The molecule has 0 unspecified atom stereocenters. The molecular weight excluding hydrogens is 323 g/mol. The van der Waals surface area contributed by atoms with Crippen molar-refractivity contribution in [2.45, 2.75) is 13.8 Å². The lowest BCUT2D eigenvalue weighted by Gasteiger charge is -2.10. The number of hydrogen-bond acceptors (Lipinski definition) is 2. The van der Waals surface area contributed by atoms with Crippen molar-refractivity contribution in [3.8, 4) is 0 Å². The molecule has 114 valence electrons. The lowest BCUT2D eigenvalue weighted by atomic mass is 10.1. The molecular formula is C16H14Cl2N2O2. The molecule has 4 nitrogen and oxygen atoms in total. The van der Waals surface area contributed by atoms with Gasteiger partial charge in [-0.25, -0.2) is 0 Å². The Kier molecular flexibility index (Phi) is 5.06. The van der Waals surface area contributed by atoms with Crippen LogP contribution in [0, 0.1) is 13.8 Å². The predicted molar refractivity (Wildman–Crippen MR) is 89.6 cm³/mol. The number of benzene rings is 2. The van der Waals surface area contributed by atoms with Crippen molar-refractivity contribution < 1.29 is 9.59 Å². The average molecular weight is 337 g/mol. The highest BCUT2D eigenvalue weighted by Gasteiger charge is 2.15. The number of nitrogens with one attached hydrogen (secondary N) is 2. The highest BCUT2D eigenvalue weighted by Crippen LogP contribution is 2.22. The summed E-state index contributed by atoms with van der Waals surface area (Å²) in [5, 5.41) is 5.79. The molecule has 0 aliphatic carbocycles. The summed E-state index contributed by atoms with van der Waals surface area (Å²) in [6, 6.07) is 10.2. The van der Waals surface area contributed by atoms with E-state index in [0.717, 1.165) is 11.1 Å². The molecule has 2 aromatic rings. The lowest BCUT2D eigenvalue weighted by molar-refractivity contribution is -0.133. The first kappa shape index (κ1) is 16.3. The van der Waals surface area contributed by atoms with Gasteiger partial charge in [-0.05, 0) is 49.2 Å². The molecule has 0 saturated carbocycles. The molecule has 0 heterocycles. The van der Waals surface area contributed by atoms with Gasteiger partial charge in [-0.1, -0.05) is 35.3 Å². The number of carbonyl (C=O) groups is 2. The van der Waals surface area contributed by atoms with Crippen molar-refractivity contribution in [1.29, 1.82) is 0 Å². The zero-order valence-electron chi connectivity index (χ0n) is 12.0. The fraction of sp³-hybridized carbons (Fsp3) is 0.125. The monoisotopic (exact) mass is 336 g/mol. The van der Waals surface area contributed by atoms with Crippen molar-refractivity contribution in [2.24, 2.45) is 0 Å². The van der Waals surface area contributed by atoms with Gasteiger partial charge in [-0.2, -0.15) is 0 Å². The van der Waals surface area contributed by atoms with Crippen LogP contribution in [0.5, 0.6) is 0 Å². The Balaban J connectivity index is 2.09. The summed E-state index contributed by atoms with van der Waals surface area (Å²) >= 11 is 11.7. The summed E-state index contributed by atoms with van der Waals surface area (Å²) in [5.41, 5.74) is 2.82. The molecule has 0 spiro atoms. The maximum absolute atomic E-state index is 12.0. The van der Waals surface area contributed by atoms with E-state index in [4.69, 9.17) is 23.2 Å². The first-order chi connectivity index (χ1) is 10.3. The van der Waals surface area contributed by atoms with E-state index in [1.54, 1.807) is 6.07 Å². The quantitative estimate of drug-likeness (QED) is 0.808. The molecule has 6 heteroatoms. The second-order valence-corrected chi connectivity index (χ2v) is 5.76. The number of anilines is 2. The number of aryl methyl sites for hydroxylation is 2. The van der Waals surface area contributed by atoms with Gasteiger partial charge in [-0.15, -0.1) is 0 Å². The third kappa shape index (κ3) is 4.23. The summed E-state index contributed by atoms with van der Waals surface area (Å²) in [4.78, 5) is 23.9. The van der Waals surface area contributed by atoms with Crippen LogP contribution in [-0.2, 0) is 9.59 Å². The molecule has 0 aliphatic heterocycles. The van der Waals surface area contributed by atoms with Crippen molar-refractivity contribution in [1.82, 2.24) is 0 Å². The molecule has 2 N–H and O–H groups in total. The first-order valence-electron chi connectivity index (χ1n) is 6.51. The minimum atomic E-state index is -0.792.